The molecule has 1 aromatic rings. The summed E-state index contributed by atoms with van der Waals surface area (Å²) in [6.45, 7) is 10.0. The molecule has 102 valence electrons. The summed E-state index contributed by atoms with van der Waals surface area (Å²) in [7, 11) is 0. The molecule has 0 N–H and O–H groups in total. The van der Waals surface area contributed by atoms with E-state index in [-0.39, 0.29) is 17.1 Å². The van der Waals surface area contributed by atoms with E-state index < -0.39 is 6.36 Å². The van der Waals surface area contributed by atoms with Gasteiger partial charge in [0.15, 0.2) is 0 Å². The summed E-state index contributed by atoms with van der Waals surface area (Å²) in [6, 6.07) is 4.58. The van der Waals surface area contributed by atoms with Gasteiger partial charge in [-0.2, -0.15) is 0 Å². The van der Waals surface area contributed by atoms with Crippen LogP contribution in [0.5, 0.6) is 5.75 Å². The molecule has 0 aliphatic carbocycles. The first-order valence-corrected chi connectivity index (χ1v) is 5.91. The minimum Gasteiger partial charge on any atom is -0.406 e. The van der Waals surface area contributed by atoms with Gasteiger partial charge in [-0.25, -0.2) is 0 Å². The highest BCUT2D eigenvalue weighted by Crippen LogP contribution is 2.34. The normalized spacial score (nSPS) is 12.9. The molecule has 1 rings (SSSR count). The van der Waals surface area contributed by atoms with Crippen LogP contribution in [0.4, 0.5) is 13.2 Å². The van der Waals surface area contributed by atoms with Crippen LogP contribution in [-0.2, 0) is 5.41 Å². The average Bonchev–Trinajstić information content (AvgIpc) is 2.12. The van der Waals surface area contributed by atoms with Crippen LogP contribution in [0.25, 0.3) is 0 Å². The number of hydrogen-bond acceptors (Lipinski definition) is 1. The second-order valence-corrected chi connectivity index (χ2v) is 5.70. The number of halogens is 3. The lowest BCUT2D eigenvalue weighted by Gasteiger charge is -2.25. The van der Waals surface area contributed by atoms with Crippen LogP contribution in [0.3, 0.4) is 0 Å². The van der Waals surface area contributed by atoms with Gasteiger partial charge in [0.25, 0.3) is 0 Å². The predicted octanol–water partition coefficient (Wildman–Crippen LogP) is 5.01. The zero-order valence-electron chi connectivity index (χ0n) is 11.4. The highest BCUT2D eigenvalue weighted by molar-refractivity contribution is 5.41. The summed E-state index contributed by atoms with van der Waals surface area (Å²) in [4.78, 5) is 0. The van der Waals surface area contributed by atoms with Gasteiger partial charge < -0.3 is 4.74 Å². The zero-order chi connectivity index (χ0) is 14.1. The van der Waals surface area contributed by atoms with Gasteiger partial charge in [0.05, 0.1) is 0 Å². The molecule has 0 amide bonds. The van der Waals surface area contributed by atoms with Gasteiger partial charge in [0.1, 0.15) is 5.75 Å². The Morgan fingerprint density at radius 2 is 1.61 bits per heavy atom. The van der Waals surface area contributed by atoms with Crippen molar-refractivity contribution < 1.29 is 17.9 Å². The summed E-state index contributed by atoms with van der Waals surface area (Å²) in [6.07, 6.45) is -4.64. The molecule has 0 fully saturated rings. The Bertz CT molecular complexity index is 414. The number of hydrogen-bond donors (Lipinski definition) is 0. The first-order valence-electron chi connectivity index (χ1n) is 5.91. The van der Waals surface area contributed by atoms with Crippen molar-refractivity contribution in [1.82, 2.24) is 0 Å². The van der Waals surface area contributed by atoms with E-state index in [1.54, 1.807) is 6.07 Å². The van der Waals surface area contributed by atoms with Gasteiger partial charge in [-0.05, 0) is 34.6 Å². The quantitative estimate of drug-likeness (QED) is 0.726. The molecule has 1 nitrogen and oxygen atoms in total. The largest absolute Gasteiger partial charge is 0.573 e. The van der Waals surface area contributed by atoms with Crippen LogP contribution >= 0.6 is 0 Å². The molecular formula is C14H19F3O. The summed E-state index contributed by atoms with van der Waals surface area (Å²) < 4.78 is 40.5. The molecule has 0 saturated heterocycles. The van der Waals surface area contributed by atoms with Crippen molar-refractivity contribution in [2.45, 2.75) is 52.3 Å². The van der Waals surface area contributed by atoms with Crippen LogP contribution in [-0.4, -0.2) is 6.36 Å². The molecule has 0 bridgehead atoms. The Morgan fingerprint density at radius 3 is 2.00 bits per heavy atom. The van der Waals surface area contributed by atoms with Crippen molar-refractivity contribution >= 4 is 0 Å². The zero-order valence-corrected chi connectivity index (χ0v) is 11.4. The molecule has 0 heterocycles. The smallest absolute Gasteiger partial charge is 0.406 e. The lowest BCUT2D eigenvalue weighted by atomic mass is 9.81. The van der Waals surface area contributed by atoms with E-state index in [9.17, 15) is 13.2 Å². The topological polar surface area (TPSA) is 9.23 Å². The van der Waals surface area contributed by atoms with E-state index in [1.807, 2.05) is 34.6 Å². The highest BCUT2D eigenvalue weighted by atomic mass is 19.4. The van der Waals surface area contributed by atoms with E-state index >= 15 is 0 Å². The van der Waals surface area contributed by atoms with E-state index in [4.69, 9.17) is 0 Å². The third kappa shape index (κ3) is 3.93. The van der Waals surface area contributed by atoms with Crippen LogP contribution < -0.4 is 4.74 Å². The molecule has 0 spiro atoms. The fourth-order valence-corrected chi connectivity index (χ4v) is 1.90. The van der Waals surface area contributed by atoms with E-state index in [1.165, 1.54) is 12.1 Å². The van der Waals surface area contributed by atoms with Crippen molar-refractivity contribution in [3.05, 3.63) is 29.3 Å². The van der Waals surface area contributed by atoms with Crippen LogP contribution in [0.2, 0.25) is 0 Å². The standard InChI is InChI=1S/C14H19F3O/c1-9(2)11-8-10(18-14(15,16)17)6-7-12(11)13(3,4)5/h6-9H,1-5H3. The first-order chi connectivity index (χ1) is 8.00. The van der Waals surface area contributed by atoms with Crippen molar-refractivity contribution in [2.75, 3.05) is 0 Å². The maximum Gasteiger partial charge on any atom is 0.573 e. The molecule has 0 saturated carbocycles. The summed E-state index contributed by atoms with van der Waals surface area (Å²) in [5.74, 6) is -0.00444. The molecular weight excluding hydrogens is 241 g/mol. The third-order valence-corrected chi connectivity index (χ3v) is 2.69. The summed E-state index contributed by atoms with van der Waals surface area (Å²) >= 11 is 0. The third-order valence-electron chi connectivity index (χ3n) is 2.69. The number of alkyl halides is 3. The lowest BCUT2D eigenvalue weighted by molar-refractivity contribution is -0.274. The highest BCUT2D eigenvalue weighted by Gasteiger charge is 2.31. The number of rotatable bonds is 2. The van der Waals surface area contributed by atoms with Gasteiger partial charge in [-0.15, -0.1) is 13.2 Å². The Hall–Kier alpha value is -1.19. The average molecular weight is 260 g/mol. The first kappa shape index (κ1) is 14.9. The van der Waals surface area contributed by atoms with Gasteiger partial charge in [0, 0.05) is 0 Å². The van der Waals surface area contributed by atoms with Crippen molar-refractivity contribution in [1.29, 1.82) is 0 Å². The molecule has 0 aliphatic heterocycles. The second-order valence-electron chi connectivity index (χ2n) is 5.70. The molecule has 4 heteroatoms. The van der Waals surface area contributed by atoms with Gasteiger partial charge in [-0.3, -0.25) is 0 Å². The molecule has 0 radical (unpaired) electrons. The molecule has 18 heavy (non-hydrogen) atoms. The predicted molar refractivity (Wildman–Crippen MR) is 65.9 cm³/mol. The molecule has 1 aromatic carbocycles. The Balaban J connectivity index is 3.20. The maximum atomic E-state index is 12.2. The Labute approximate surface area is 106 Å². The second kappa shape index (κ2) is 4.82. The molecule has 0 unspecified atom stereocenters. The lowest BCUT2D eigenvalue weighted by Crippen LogP contribution is -2.19. The number of ether oxygens (including phenoxy) is 1. The number of benzene rings is 1. The van der Waals surface area contributed by atoms with Gasteiger partial charge in [-0.1, -0.05) is 40.7 Å². The fraction of sp³-hybridized carbons (Fsp3) is 0.571. The van der Waals surface area contributed by atoms with Gasteiger partial charge >= 0.3 is 6.36 Å². The minimum atomic E-state index is -4.64. The van der Waals surface area contributed by atoms with Crippen molar-refractivity contribution in [3.8, 4) is 5.75 Å². The van der Waals surface area contributed by atoms with E-state index in [2.05, 4.69) is 4.74 Å². The summed E-state index contributed by atoms with van der Waals surface area (Å²) in [5, 5.41) is 0. The molecule has 0 aromatic heterocycles. The SMILES string of the molecule is CC(C)c1cc(OC(F)(F)F)ccc1C(C)(C)C. The van der Waals surface area contributed by atoms with Crippen LogP contribution in [0, 0.1) is 0 Å². The Kier molecular flexibility index (Phi) is 3.99. The minimum absolute atomic E-state index is 0.101. The van der Waals surface area contributed by atoms with E-state index in [0.29, 0.717) is 0 Å². The molecule has 0 aliphatic rings. The Morgan fingerprint density at radius 1 is 1.06 bits per heavy atom. The summed E-state index contributed by atoms with van der Waals surface area (Å²) in [5.41, 5.74) is 1.84. The van der Waals surface area contributed by atoms with Crippen LogP contribution in [0.15, 0.2) is 18.2 Å². The fourth-order valence-electron chi connectivity index (χ4n) is 1.90. The van der Waals surface area contributed by atoms with Gasteiger partial charge in [0.2, 0.25) is 0 Å². The van der Waals surface area contributed by atoms with E-state index in [0.717, 1.165) is 11.1 Å². The van der Waals surface area contributed by atoms with Crippen molar-refractivity contribution in [2.24, 2.45) is 0 Å². The van der Waals surface area contributed by atoms with Crippen molar-refractivity contribution in [3.63, 3.8) is 0 Å². The maximum absolute atomic E-state index is 12.2. The van der Waals surface area contributed by atoms with Crippen LogP contribution in [0.1, 0.15) is 51.7 Å². The monoisotopic (exact) mass is 260 g/mol. The molecule has 0 atom stereocenters.